The summed E-state index contributed by atoms with van der Waals surface area (Å²) in [7, 11) is 0. The van der Waals surface area contributed by atoms with Gasteiger partial charge >= 0.3 is 124 Å². The summed E-state index contributed by atoms with van der Waals surface area (Å²) < 4.78 is 40.7. The predicted octanol–water partition coefficient (Wildman–Crippen LogP) is -0.860. The van der Waals surface area contributed by atoms with E-state index in [9.17, 15) is 14.7 Å². The molecule has 0 aromatic carbocycles. The Kier molecular flexibility index (Phi) is 21.5. The predicted molar refractivity (Wildman–Crippen MR) is 19.8 cm³/mol. The van der Waals surface area contributed by atoms with E-state index in [-0.39, 0.29) is 81.2 Å². The first-order valence-corrected chi connectivity index (χ1v) is 4.52. The van der Waals surface area contributed by atoms with Crippen LogP contribution in [0, 0.1) is 0 Å². The molecule has 0 spiro atoms. The first-order valence-electron chi connectivity index (χ1n) is 1.10. The van der Waals surface area contributed by atoms with Gasteiger partial charge in [-0.05, 0) is 0 Å². The summed E-state index contributed by atoms with van der Waals surface area (Å²) in [5.74, 6) is 0. The van der Waals surface area contributed by atoms with E-state index < -0.39 is 30.8 Å². The van der Waals surface area contributed by atoms with Gasteiger partial charge in [0, 0.05) is 0 Å². The van der Waals surface area contributed by atoms with Gasteiger partial charge in [-0.25, -0.2) is 0 Å². The van der Waals surface area contributed by atoms with Crippen LogP contribution in [0.4, 0.5) is 0 Å². The number of rotatable bonds is 2. The van der Waals surface area contributed by atoms with Crippen LogP contribution in [0.2, 0.25) is 0 Å². The maximum absolute atomic E-state index is 9.34. The molecule has 0 radical (unpaired) electrons. The summed E-state index contributed by atoms with van der Waals surface area (Å²) in [6.07, 6.45) is 0. The minimum absolute atomic E-state index is 0. The minimum atomic E-state index is -3.84. The van der Waals surface area contributed by atoms with Crippen molar-refractivity contribution in [1.29, 1.82) is 0 Å². The van der Waals surface area contributed by atoms with E-state index in [1.807, 2.05) is 0 Å². The number of hydrogen-bond donors (Lipinski definition) is 0. The average molecular weight is 266 g/mol. The average Bonchev–Trinajstić information content (AvgIpc) is 1.27. The molecular weight excluding hydrogens is 262 g/mol. The fraction of sp³-hybridized carbons (Fsp3) is 0. The van der Waals surface area contributed by atoms with E-state index in [4.69, 9.17) is 0 Å². The van der Waals surface area contributed by atoms with Crippen LogP contribution in [0.25, 0.3) is 0 Å². The van der Waals surface area contributed by atoms with Crippen molar-refractivity contribution < 1.29 is 53.8 Å². The summed E-state index contributed by atoms with van der Waals surface area (Å²) in [5.41, 5.74) is 0. The molecule has 0 unspecified atom stereocenters. The molecule has 0 atom stereocenters. The molecule has 0 amide bonds. The molecule has 0 aromatic heterocycles. The fourth-order valence-corrected chi connectivity index (χ4v) is 0.925. The molecule has 9 heavy (non-hydrogen) atoms. The van der Waals surface area contributed by atoms with E-state index in [0.29, 0.717) is 0 Å². The second kappa shape index (κ2) is 10.8. The molecule has 5 nitrogen and oxygen atoms in total. The normalized spacial score (nSPS) is 6.22. The molecule has 0 aliphatic carbocycles. The summed E-state index contributed by atoms with van der Waals surface area (Å²) >= 11 is -7.69. The zero-order chi connectivity index (χ0) is 5.86. The molecule has 0 saturated heterocycles. The van der Waals surface area contributed by atoms with Gasteiger partial charge in [-0.1, -0.05) is 0 Å². The van der Waals surface area contributed by atoms with Crippen molar-refractivity contribution in [1.82, 2.24) is 0 Å². The van der Waals surface area contributed by atoms with Crippen LogP contribution in [0.3, 0.4) is 0 Å². The van der Waals surface area contributed by atoms with Gasteiger partial charge in [0.1, 0.15) is 0 Å². The van der Waals surface area contributed by atoms with Gasteiger partial charge in [-0.15, -0.1) is 0 Å². The molecule has 0 aromatic rings. The van der Waals surface area contributed by atoms with Crippen molar-refractivity contribution in [2.24, 2.45) is 0 Å². The van der Waals surface area contributed by atoms with Crippen molar-refractivity contribution in [3.8, 4) is 0 Å². The van der Waals surface area contributed by atoms with E-state index in [0.717, 1.165) is 0 Å². The van der Waals surface area contributed by atoms with Crippen molar-refractivity contribution in [2.75, 3.05) is 0 Å². The third-order valence-corrected chi connectivity index (χ3v) is 2.27. The molecule has 0 fully saturated rings. The Morgan fingerprint density at radius 3 is 1.11 bits per heavy atom. The molecule has 0 N–H and O–H groups in total. The van der Waals surface area contributed by atoms with Crippen molar-refractivity contribution in [2.45, 2.75) is 0 Å². The van der Waals surface area contributed by atoms with Crippen LogP contribution in [0.5, 0.6) is 0 Å². The SMILES string of the molecule is [Ca+2].[Ca+2].[H-].[H-].[H-].[H-].[O]=[V](=[O])[O][V](=[O])=[O]. The zero-order valence-electron chi connectivity index (χ0n) is 8.35. The van der Waals surface area contributed by atoms with Gasteiger partial charge in [-0.3, -0.25) is 0 Å². The summed E-state index contributed by atoms with van der Waals surface area (Å²) in [4.78, 5) is 0. The van der Waals surface area contributed by atoms with E-state index in [2.05, 4.69) is 2.59 Å². The van der Waals surface area contributed by atoms with Gasteiger partial charge < -0.3 is 5.71 Å². The summed E-state index contributed by atoms with van der Waals surface area (Å²) in [6.45, 7) is 0. The van der Waals surface area contributed by atoms with Gasteiger partial charge in [0.25, 0.3) is 0 Å². The van der Waals surface area contributed by atoms with Crippen LogP contribution >= 0.6 is 0 Å². The van der Waals surface area contributed by atoms with Crippen LogP contribution < -0.4 is 0 Å². The Labute approximate surface area is 127 Å². The zero-order valence-corrected chi connectivity index (χ0v) is 11.6. The molecule has 0 aliphatic rings. The third-order valence-electron chi connectivity index (χ3n) is 0.133. The Bertz CT molecular complexity index is 153. The van der Waals surface area contributed by atoms with E-state index >= 15 is 0 Å². The van der Waals surface area contributed by atoms with Crippen molar-refractivity contribution in [3.05, 3.63) is 0 Å². The van der Waals surface area contributed by atoms with E-state index in [1.54, 1.807) is 0 Å². The van der Waals surface area contributed by atoms with Crippen LogP contribution in [0.1, 0.15) is 5.71 Å². The third kappa shape index (κ3) is 18.1. The van der Waals surface area contributed by atoms with E-state index in [1.165, 1.54) is 0 Å². The van der Waals surface area contributed by atoms with Crippen LogP contribution in [0.15, 0.2) is 0 Å². The quantitative estimate of drug-likeness (QED) is 0.608. The van der Waals surface area contributed by atoms with Gasteiger partial charge in [0.05, 0.1) is 0 Å². The molecule has 0 aliphatic heterocycles. The topological polar surface area (TPSA) is 77.5 Å². The first kappa shape index (κ1) is 17.8. The molecule has 9 heteroatoms. The van der Waals surface area contributed by atoms with Gasteiger partial charge in [0.2, 0.25) is 0 Å². The van der Waals surface area contributed by atoms with Crippen molar-refractivity contribution in [3.63, 3.8) is 0 Å². The Hall–Kier alpha value is 2.85. The Balaban J connectivity index is -0.0000000120. The van der Waals surface area contributed by atoms with Crippen LogP contribution in [-0.4, -0.2) is 75.5 Å². The van der Waals surface area contributed by atoms with Gasteiger partial charge in [0.15, 0.2) is 0 Å². The molecule has 0 saturated carbocycles. The first-order chi connectivity index (χ1) is 3.13. The molecule has 0 heterocycles. The second-order valence-electron chi connectivity index (χ2n) is 0.529. The molecule has 0 bridgehead atoms. The van der Waals surface area contributed by atoms with Crippen molar-refractivity contribution >= 4 is 75.5 Å². The number of hydrogen-bond acceptors (Lipinski definition) is 5. The standard InChI is InChI=1S/2Ca.5O.2V.4H/q2*+2;;;;;;;;4*-1. The molecule has 48 valence electrons. The molecular formula is H4Ca2O5V2. The fourth-order valence-electron chi connectivity index (χ4n) is 0.0544. The van der Waals surface area contributed by atoms with Gasteiger partial charge in [-0.2, -0.15) is 0 Å². The Morgan fingerprint density at radius 2 is 1.11 bits per heavy atom. The molecule has 0 rings (SSSR count). The van der Waals surface area contributed by atoms with Crippen LogP contribution in [-0.2, 0) is 48.1 Å². The monoisotopic (exact) mass is 266 g/mol. The Morgan fingerprint density at radius 1 is 0.889 bits per heavy atom. The maximum atomic E-state index is 9.34. The summed E-state index contributed by atoms with van der Waals surface area (Å²) in [6, 6.07) is 0. The second-order valence-corrected chi connectivity index (χ2v) is 3.23. The summed E-state index contributed by atoms with van der Waals surface area (Å²) in [5, 5.41) is 0.